The van der Waals surface area contributed by atoms with Crippen molar-refractivity contribution in [1.29, 1.82) is 0 Å². The first-order valence-electron chi connectivity index (χ1n) is 4.44. The summed E-state index contributed by atoms with van der Waals surface area (Å²) in [6.07, 6.45) is -0.303. The van der Waals surface area contributed by atoms with Gasteiger partial charge in [-0.1, -0.05) is 23.8 Å². The molecule has 0 aliphatic carbocycles. The van der Waals surface area contributed by atoms with E-state index in [1.54, 1.807) is 6.92 Å². The first-order chi connectivity index (χ1) is 7.49. The van der Waals surface area contributed by atoms with E-state index in [1.165, 1.54) is 12.1 Å². The topological polar surface area (TPSA) is 64.4 Å². The second-order valence-corrected chi connectivity index (χ2v) is 4.15. The van der Waals surface area contributed by atoms with Crippen LogP contribution in [-0.2, 0) is 0 Å². The molecule has 1 atom stereocenters. The third-order valence-electron chi connectivity index (χ3n) is 2.18. The smallest absolute Gasteiger partial charge is 0.291 e. The van der Waals surface area contributed by atoms with Gasteiger partial charge in [0.25, 0.3) is 5.69 Å². The number of nitrogens with zero attached hydrogens (tertiary/aromatic N) is 1. The number of anilines is 1. The fraction of sp³-hybridized carbons (Fsp3) is 0.222. The number of thiocarbonyl (C=S) groups is 1. The molecule has 1 aromatic carbocycles. The van der Waals surface area contributed by atoms with Gasteiger partial charge >= 0.3 is 0 Å². The highest BCUT2D eigenvalue weighted by Crippen LogP contribution is 2.38. The predicted molar refractivity (Wildman–Crippen MR) is 64.4 cm³/mol. The zero-order chi connectivity index (χ0) is 11.9. The SMILES string of the molecule is CC1Oc2cc([N+](=O)[O-])c(Cl)cc2NC1=S. The summed E-state index contributed by atoms with van der Waals surface area (Å²) in [6.45, 7) is 1.76. The van der Waals surface area contributed by atoms with Gasteiger partial charge in [0.15, 0.2) is 5.75 Å². The summed E-state index contributed by atoms with van der Waals surface area (Å²) in [6, 6.07) is 2.73. The van der Waals surface area contributed by atoms with Crippen molar-refractivity contribution in [3.8, 4) is 5.75 Å². The Morgan fingerprint density at radius 2 is 2.31 bits per heavy atom. The number of nitro benzene ring substituents is 1. The van der Waals surface area contributed by atoms with Crippen LogP contribution in [0, 0.1) is 10.1 Å². The normalized spacial score (nSPS) is 18.4. The molecule has 16 heavy (non-hydrogen) atoms. The second-order valence-electron chi connectivity index (χ2n) is 3.31. The summed E-state index contributed by atoms with van der Waals surface area (Å²) in [7, 11) is 0. The van der Waals surface area contributed by atoms with Crippen LogP contribution in [0.2, 0.25) is 5.02 Å². The summed E-state index contributed by atoms with van der Waals surface area (Å²) in [4.78, 5) is 10.6. The van der Waals surface area contributed by atoms with Gasteiger partial charge in [-0.25, -0.2) is 0 Å². The third kappa shape index (κ3) is 1.81. The Morgan fingerprint density at radius 3 is 2.94 bits per heavy atom. The molecule has 84 valence electrons. The van der Waals surface area contributed by atoms with E-state index in [0.29, 0.717) is 16.4 Å². The van der Waals surface area contributed by atoms with Crippen LogP contribution in [0.5, 0.6) is 5.75 Å². The number of rotatable bonds is 1. The Kier molecular flexibility index (Phi) is 2.69. The minimum atomic E-state index is -0.552. The van der Waals surface area contributed by atoms with E-state index in [9.17, 15) is 10.1 Å². The minimum absolute atomic E-state index is 0.0530. The summed E-state index contributed by atoms with van der Waals surface area (Å²) in [5, 5.41) is 13.6. The predicted octanol–water partition coefficient (Wildman–Crippen LogP) is 2.77. The fourth-order valence-corrected chi connectivity index (χ4v) is 1.75. The number of nitro groups is 1. The maximum absolute atomic E-state index is 10.7. The molecular weight excluding hydrogens is 252 g/mol. The third-order valence-corrected chi connectivity index (χ3v) is 2.91. The van der Waals surface area contributed by atoms with E-state index in [0.717, 1.165) is 0 Å². The molecule has 0 aromatic heterocycles. The molecular formula is C9H7ClN2O3S. The standard InChI is InChI=1S/C9H7ClN2O3S/c1-4-9(16)11-6-2-5(10)7(12(13)14)3-8(6)15-4/h2-4H,1H3,(H,11,16). The van der Waals surface area contributed by atoms with Crippen LogP contribution < -0.4 is 10.1 Å². The Bertz CT molecular complexity index is 492. The van der Waals surface area contributed by atoms with Crippen molar-refractivity contribution in [3.05, 3.63) is 27.3 Å². The van der Waals surface area contributed by atoms with Crippen LogP contribution in [-0.4, -0.2) is 16.0 Å². The second kappa shape index (κ2) is 3.88. The quantitative estimate of drug-likeness (QED) is 0.477. The van der Waals surface area contributed by atoms with Crippen molar-refractivity contribution >= 4 is 40.2 Å². The summed E-state index contributed by atoms with van der Waals surface area (Å²) < 4.78 is 5.42. The zero-order valence-electron chi connectivity index (χ0n) is 8.19. The maximum atomic E-state index is 10.7. The Balaban J connectivity index is 2.50. The van der Waals surface area contributed by atoms with E-state index in [-0.39, 0.29) is 16.8 Å². The molecule has 0 saturated carbocycles. The molecule has 2 rings (SSSR count). The molecule has 5 nitrogen and oxygen atoms in total. The zero-order valence-corrected chi connectivity index (χ0v) is 9.76. The lowest BCUT2D eigenvalue weighted by atomic mass is 10.2. The molecule has 0 saturated heterocycles. The molecule has 1 aliphatic rings. The molecule has 0 radical (unpaired) electrons. The molecule has 0 bridgehead atoms. The van der Waals surface area contributed by atoms with Gasteiger partial charge in [0.1, 0.15) is 16.1 Å². The first kappa shape index (κ1) is 11.1. The lowest BCUT2D eigenvalue weighted by Gasteiger charge is -2.25. The van der Waals surface area contributed by atoms with Crippen molar-refractivity contribution in [2.75, 3.05) is 5.32 Å². The number of ether oxygens (including phenoxy) is 1. The molecule has 1 aromatic rings. The van der Waals surface area contributed by atoms with Gasteiger partial charge in [0.05, 0.1) is 16.7 Å². The molecule has 0 amide bonds. The molecule has 1 unspecified atom stereocenters. The monoisotopic (exact) mass is 258 g/mol. The summed E-state index contributed by atoms with van der Waals surface area (Å²) in [5.74, 6) is 0.386. The van der Waals surface area contributed by atoms with Crippen molar-refractivity contribution in [3.63, 3.8) is 0 Å². The molecule has 0 fully saturated rings. The number of halogens is 1. The number of nitrogens with one attached hydrogen (secondary N) is 1. The highest BCUT2D eigenvalue weighted by Gasteiger charge is 2.25. The van der Waals surface area contributed by atoms with Crippen LogP contribution in [0.1, 0.15) is 6.92 Å². The molecule has 1 N–H and O–H groups in total. The highest BCUT2D eigenvalue weighted by atomic mass is 35.5. The Labute approximate surface area is 101 Å². The van der Waals surface area contributed by atoms with Gasteiger partial charge in [-0.2, -0.15) is 0 Å². The van der Waals surface area contributed by atoms with Crippen molar-refractivity contribution in [2.24, 2.45) is 0 Å². The van der Waals surface area contributed by atoms with E-state index >= 15 is 0 Å². The van der Waals surface area contributed by atoms with Gasteiger partial charge in [0.2, 0.25) is 0 Å². The molecule has 1 heterocycles. The van der Waals surface area contributed by atoms with Gasteiger partial charge < -0.3 is 10.1 Å². The summed E-state index contributed by atoms with van der Waals surface area (Å²) >= 11 is 10.8. The van der Waals surface area contributed by atoms with E-state index in [4.69, 9.17) is 28.6 Å². The first-order valence-corrected chi connectivity index (χ1v) is 5.23. The molecule has 1 aliphatic heterocycles. The van der Waals surface area contributed by atoms with Crippen molar-refractivity contribution in [2.45, 2.75) is 13.0 Å². The van der Waals surface area contributed by atoms with Crippen LogP contribution in [0.3, 0.4) is 0 Å². The number of hydrogen-bond donors (Lipinski definition) is 1. The number of hydrogen-bond acceptors (Lipinski definition) is 4. The van der Waals surface area contributed by atoms with E-state index in [1.807, 2.05) is 0 Å². The van der Waals surface area contributed by atoms with Gasteiger partial charge in [0, 0.05) is 0 Å². The van der Waals surface area contributed by atoms with Crippen LogP contribution in [0.25, 0.3) is 0 Å². The summed E-state index contributed by atoms with van der Waals surface area (Å²) in [5.41, 5.74) is 0.376. The van der Waals surface area contributed by atoms with Crippen LogP contribution >= 0.6 is 23.8 Å². The van der Waals surface area contributed by atoms with Crippen molar-refractivity contribution in [1.82, 2.24) is 0 Å². The van der Waals surface area contributed by atoms with Crippen LogP contribution in [0.4, 0.5) is 11.4 Å². The number of fused-ring (bicyclic) bond motifs is 1. The Morgan fingerprint density at radius 1 is 1.62 bits per heavy atom. The lowest BCUT2D eigenvalue weighted by molar-refractivity contribution is -0.384. The molecule has 7 heteroatoms. The van der Waals surface area contributed by atoms with Gasteiger partial charge in [-0.3, -0.25) is 10.1 Å². The fourth-order valence-electron chi connectivity index (χ4n) is 1.36. The van der Waals surface area contributed by atoms with Gasteiger partial charge in [-0.15, -0.1) is 0 Å². The van der Waals surface area contributed by atoms with Crippen molar-refractivity contribution < 1.29 is 9.66 Å². The van der Waals surface area contributed by atoms with E-state index in [2.05, 4.69) is 5.32 Å². The van der Waals surface area contributed by atoms with E-state index < -0.39 is 4.92 Å². The average Bonchev–Trinajstić information content (AvgIpc) is 2.19. The molecule has 0 spiro atoms. The Hall–Kier alpha value is -1.40. The lowest BCUT2D eigenvalue weighted by Crippen LogP contribution is -2.32. The minimum Gasteiger partial charge on any atom is -0.481 e. The highest BCUT2D eigenvalue weighted by molar-refractivity contribution is 7.80. The van der Waals surface area contributed by atoms with Crippen LogP contribution in [0.15, 0.2) is 12.1 Å². The maximum Gasteiger partial charge on any atom is 0.291 e. The number of benzene rings is 1. The average molecular weight is 259 g/mol. The largest absolute Gasteiger partial charge is 0.481 e. The van der Waals surface area contributed by atoms with Gasteiger partial charge in [-0.05, 0) is 13.0 Å².